The molecule has 0 amide bonds. The molecule has 3 aromatic rings. The molecule has 1 aromatic heterocycles. The number of aromatic nitrogens is 2. The van der Waals surface area contributed by atoms with Gasteiger partial charge >= 0.3 is 0 Å². The van der Waals surface area contributed by atoms with Crippen LogP contribution in [-0.4, -0.2) is 4.98 Å². The van der Waals surface area contributed by atoms with Crippen molar-refractivity contribution in [2.75, 3.05) is 11.5 Å². The van der Waals surface area contributed by atoms with Crippen LogP contribution in [0.4, 0.5) is 11.4 Å². The predicted octanol–water partition coefficient (Wildman–Crippen LogP) is 2.26. The lowest BCUT2D eigenvalue weighted by atomic mass is 10.2. The van der Waals surface area contributed by atoms with Crippen molar-refractivity contribution < 1.29 is 4.98 Å². The molecular formula is C14H16N4. The second-order valence-corrected chi connectivity index (χ2v) is 4.05. The lowest BCUT2D eigenvalue weighted by Gasteiger charge is -1.92. The Labute approximate surface area is 106 Å². The molecule has 0 radical (unpaired) electrons. The molecule has 0 aliphatic heterocycles. The van der Waals surface area contributed by atoms with Crippen LogP contribution in [0.2, 0.25) is 0 Å². The number of rotatable bonds is 1. The third kappa shape index (κ3) is 2.00. The Hall–Kier alpha value is -2.49. The highest BCUT2D eigenvalue weighted by Crippen LogP contribution is 2.19. The molecule has 4 nitrogen and oxygen atoms in total. The Balaban J connectivity index is 0.00000120. The number of nitrogen functional groups attached to an aromatic ring is 2. The molecule has 0 saturated heterocycles. The summed E-state index contributed by atoms with van der Waals surface area (Å²) in [7, 11) is 0. The zero-order valence-electron chi connectivity index (χ0n) is 10.2. The molecule has 0 unspecified atom stereocenters. The Bertz CT molecular complexity index is 668. The minimum atomic E-state index is 0. The lowest BCUT2D eigenvalue weighted by Crippen LogP contribution is -2.02. The molecule has 3 rings (SSSR count). The van der Waals surface area contributed by atoms with Gasteiger partial charge in [-0.05, 0) is 36.4 Å². The number of fused-ring (bicyclic) bond motifs is 1. The second-order valence-electron chi connectivity index (χ2n) is 4.05. The summed E-state index contributed by atoms with van der Waals surface area (Å²) in [6.45, 7) is 0. The van der Waals surface area contributed by atoms with E-state index in [0.29, 0.717) is 0 Å². The minimum absolute atomic E-state index is 0. The van der Waals surface area contributed by atoms with Gasteiger partial charge in [0, 0.05) is 17.4 Å². The fourth-order valence-electron chi connectivity index (χ4n) is 1.87. The average molecular weight is 240 g/mol. The van der Waals surface area contributed by atoms with Crippen LogP contribution in [-0.2, 0) is 0 Å². The number of hydrogen-bond acceptors (Lipinski definition) is 2. The molecule has 92 valence electrons. The summed E-state index contributed by atoms with van der Waals surface area (Å²) < 4.78 is 0. The zero-order valence-corrected chi connectivity index (χ0v) is 10.2. The largest absolute Gasteiger partial charge is 0.399 e. The first kappa shape index (κ1) is 12.0. The molecule has 0 spiro atoms. The molecule has 0 fully saturated rings. The Morgan fingerprint density at radius 3 is 2.28 bits per heavy atom. The number of nitrogens with two attached hydrogens (primary N) is 2. The van der Waals surface area contributed by atoms with Gasteiger partial charge in [-0.2, -0.15) is 0 Å². The summed E-state index contributed by atoms with van der Waals surface area (Å²) in [6, 6.07) is 13.4. The van der Waals surface area contributed by atoms with Crippen LogP contribution in [0.5, 0.6) is 0 Å². The van der Waals surface area contributed by atoms with Crippen LogP contribution in [0.25, 0.3) is 22.4 Å². The van der Waals surface area contributed by atoms with E-state index in [0.717, 1.165) is 33.8 Å². The maximum atomic E-state index is 5.74. The van der Waals surface area contributed by atoms with Crippen molar-refractivity contribution in [1.29, 1.82) is 0 Å². The standard InChI is InChI=1S/C13H12N4.CH3/c14-9-3-1-8(2-4-9)13-16-11-6-5-10(15)7-12(11)17-13;/h1-7H,14-15H2,(H,16,17);1H3/q;-1/p+1. The SMILES string of the molecule is Nc1ccc(-c2[nH]c3cc(N)ccc3[nH+]2)cc1.[CH3-]. The monoisotopic (exact) mass is 240 g/mol. The van der Waals surface area contributed by atoms with Crippen molar-refractivity contribution in [3.63, 3.8) is 0 Å². The van der Waals surface area contributed by atoms with E-state index in [4.69, 9.17) is 11.5 Å². The Kier molecular flexibility index (Phi) is 2.93. The summed E-state index contributed by atoms with van der Waals surface area (Å²) in [6.07, 6.45) is 0. The number of benzene rings is 2. The molecule has 2 aromatic carbocycles. The molecule has 0 atom stereocenters. The van der Waals surface area contributed by atoms with Crippen LogP contribution in [0.1, 0.15) is 0 Å². The van der Waals surface area contributed by atoms with E-state index >= 15 is 0 Å². The van der Waals surface area contributed by atoms with Crippen LogP contribution < -0.4 is 16.5 Å². The van der Waals surface area contributed by atoms with Gasteiger partial charge in [-0.3, -0.25) is 0 Å². The molecule has 6 N–H and O–H groups in total. The summed E-state index contributed by atoms with van der Waals surface area (Å²) >= 11 is 0. The summed E-state index contributed by atoms with van der Waals surface area (Å²) in [5, 5.41) is 0. The minimum Gasteiger partial charge on any atom is -0.399 e. The van der Waals surface area contributed by atoms with Crippen molar-refractivity contribution in [2.45, 2.75) is 0 Å². The van der Waals surface area contributed by atoms with Gasteiger partial charge in [-0.25, -0.2) is 9.97 Å². The number of nitrogens with one attached hydrogen (secondary N) is 2. The van der Waals surface area contributed by atoms with E-state index in [1.54, 1.807) is 0 Å². The first-order valence-corrected chi connectivity index (χ1v) is 5.39. The molecule has 4 heteroatoms. The molecule has 0 aliphatic rings. The van der Waals surface area contributed by atoms with E-state index in [1.807, 2.05) is 42.5 Å². The topological polar surface area (TPSA) is 82.0 Å². The van der Waals surface area contributed by atoms with Crippen molar-refractivity contribution in [2.24, 2.45) is 0 Å². The highest BCUT2D eigenvalue weighted by molar-refractivity contribution is 5.78. The van der Waals surface area contributed by atoms with Gasteiger partial charge in [0.15, 0.2) is 11.0 Å². The summed E-state index contributed by atoms with van der Waals surface area (Å²) in [5.74, 6) is 0.950. The van der Waals surface area contributed by atoms with Gasteiger partial charge in [0.1, 0.15) is 0 Å². The number of anilines is 2. The smallest absolute Gasteiger partial charge is 0.285 e. The predicted molar refractivity (Wildman–Crippen MR) is 75.5 cm³/mol. The van der Waals surface area contributed by atoms with Crippen molar-refractivity contribution in [3.8, 4) is 11.4 Å². The second kappa shape index (κ2) is 4.41. The van der Waals surface area contributed by atoms with Gasteiger partial charge in [0.25, 0.3) is 5.82 Å². The van der Waals surface area contributed by atoms with Crippen LogP contribution in [0, 0.1) is 7.43 Å². The summed E-state index contributed by atoms with van der Waals surface area (Å²) in [5.41, 5.74) is 16.0. The fourth-order valence-corrected chi connectivity index (χ4v) is 1.87. The fraction of sp³-hybridized carbons (Fsp3) is 0. The van der Waals surface area contributed by atoms with E-state index in [9.17, 15) is 0 Å². The van der Waals surface area contributed by atoms with E-state index < -0.39 is 0 Å². The number of imidazole rings is 1. The van der Waals surface area contributed by atoms with Crippen molar-refractivity contribution in [1.82, 2.24) is 4.98 Å². The number of H-pyrrole nitrogens is 2. The van der Waals surface area contributed by atoms with E-state index in [1.165, 1.54) is 0 Å². The third-order valence-electron chi connectivity index (χ3n) is 2.76. The van der Waals surface area contributed by atoms with Crippen LogP contribution >= 0.6 is 0 Å². The lowest BCUT2D eigenvalue weighted by molar-refractivity contribution is -0.330. The first-order chi connectivity index (χ1) is 8.22. The summed E-state index contributed by atoms with van der Waals surface area (Å²) in [4.78, 5) is 6.60. The zero-order chi connectivity index (χ0) is 11.8. The Morgan fingerprint density at radius 1 is 0.889 bits per heavy atom. The van der Waals surface area contributed by atoms with Gasteiger partial charge in [0.2, 0.25) is 0 Å². The van der Waals surface area contributed by atoms with Crippen molar-refractivity contribution in [3.05, 3.63) is 49.9 Å². The maximum absolute atomic E-state index is 5.74. The molecular weight excluding hydrogens is 224 g/mol. The van der Waals surface area contributed by atoms with Gasteiger partial charge in [0.05, 0.1) is 5.56 Å². The quantitative estimate of drug-likeness (QED) is 0.450. The first-order valence-electron chi connectivity index (χ1n) is 5.39. The van der Waals surface area contributed by atoms with Gasteiger partial charge < -0.3 is 18.9 Å². The number of hydrogen-bond donors (Lipinski definition) is 3. The Morgan fingerprint density at radius 2 is 1.56 bits per heavy atom. The molecule has 0 bridgehead atoms. The van der Waals surface area contributed by atoms with Gasteiger partial charge in [-0.15, -0.1) is 0 Å². The highest BCUT2D eigenvalue weighted by atomic mass is 14.9. The maximum Gasteiger partial charge on any atom is 0.285 e. The van der Waals surface area contributed by atoms with Crippen LogP contribution in [0.15, 0.2) is 42.5 Å². The molecule has 18 heavy (non-hydrogen) atoms. The van der Waals surface area contributed by atoms with Gasteiger partial charge in [-0.1, -0.05) is 0 Å². The molecule has 0 saturated carbocycles. The van der Waals surface area contributed by atoms with Crippen LogP contribution in [0.3, 0.4) is 0 Å². The van der Waals surface area contributed by atoms with E-state index in [2.05, 4.69) is 9.97 Å². The van der Waals surface area contributed by atoms with Crippen molar-refractivity contribution >= 4 is 22.4 Å². The normalized spacial score (nSPS) is 10.2. The highest BCUT2D eigenvalue weighted by Gasteiger charge is 2.11. The van der Waals surface area contributed by atoms with E-state index in [-0.39, 0.29) is 7.43 Å². The molecule has 0 aliphatic carbocycles. The third-order valence-corrected chi connectivity index (χ3v) is 2.76. The molecule has 1 heterocycles. The number of aromatic amines is 2. The average Bonchev–Trinajstić information content (AvgIpc) is 2.72.